The summed E-state index contributed by atoms with van der Waals surface area (Å²) in [5.74, 6) is 0.306. The van der Waals surface area contributed by atoms with Gasteiger partial charge in [-0.25, -0.2) is 4.98 Å². The van der Waals surface area contributed by atoms with Gasteiger partial charge in [-0.15, -0.1) is 0 Å². The van der Waals surface area contributed by atoms with Crippen LogP contribution in [0, 0.1) is 11.8 Å². The fourth-order valence-electron chi connectivity index (χ4n) is 4.78. The monoisotopic (exact) mass is 490 g/mol. The Balaban J connectivity index is 1.07. The second kappa shape index (κ2) is 8.61. The molecule has 2 aromatic heterocycles. The van der Waals surface area contributed by atoms with Crippen LogP contribution in [0.3, 0.4) is 0 Å². The molecule has 2 aliphatic rings. The molecule has 1 saturated heterocycles. The third-order valence-electron chi connectivity index (χ3n) is 6.70. The van der Waals surface area contributed by atoms with Gasteiger partial charge >= 0.3 is 6.18 Å². The van der Waals surface area contributed by atoms with Crippen LogP contribution in [0.1, 0.15) is 34.5 Å². The Morgan fingerprint density at radius 3 is 2.50 bits per heavy atom. The first-order valence-electron chi connectivity index (χ1n) is 11.1. The van der Waals surface area contributed by atoms with Crippen LogP contribution in [0.4, 0.5) is 13.2 Å². The number of amides is 2. The van der Waals surface area contributed by atoms with Crippen molar-refractivity contribution in [1.82, 2.24) is 19.6 Å². The van der Waals surface area contributed by atoms with E-state index < -0.39 is 11.7 Å². The maximum Gasteiger partial charge on any atom is 0.416 e. The van der Waals surface area contributed by atoms with E-state index in [4.69, 9.17) is 11.6 Å². The highest BCUT2D eigenvalue weighted by molar-refractivity contribution is 6.33. The highest BCUT2D eigenvalue weighted by Gasteiger charge is 2.57. The highest BCUT2D eigenvalue weighted by atomic mass is 35.5. The van der Waals surface area contributed by atoms with Gasteiger partial charge in [-0.2, -0.15) is 13.2 Å². The minimum atomic E-state index is -4.34. The van der Waals surface area contributed by atoms with Crippen molar-refractivity contribution in [2.75, 3.05) is 13.1 Å². The van der Waals surface area contributed by atoms with E-state index in [-0.39, 0.29) is 29.7 Å². The number of halogens is 4. The number of aromatic nitrogens is 2. The van der Waals surface area contributed by atoms with Gasteiger partial charge in [0.25, 0.3) is 5.91 Å². The normalized spacial score (nSPS) is 21.5. The Labute approximate surface area is 198 Å². The molecule has 6 nitrogen and oxygen atoms in total. The van der Waals surface area contributed by atoms with E-state index in [1.54, 1.807) is 22.7 Å². The molecule has 5 rings (SSSR count). The summed E-state index contributed by atoms with van der Waals surface area (Å²) in [5.41, 5.74) is 1.05. The number of imidazole rings is 1. The second-order valence-electron chi connectivity index (χ2n) is 8.87. The molecule has 34 heavy (non-hydrogen) atoms. The number of fused-ring (bicyclic) bond motifs is 2. The summed E-state index contributed by atoms with van der Waals surface area (Å²) >= 11 is 6.12. The molecule has 1 aromatic carbocycles. The van der Waals surface area contributed by atoms with E-state index in [1.165, 1.54) is 18.3 Å². The number of nitrogens with zero attached hydrogens (tertiary/aromatic N) is 3. The minimum Gasteiger partial charge on any atom is -0.347 e. The number of piperidine rings is 1. The molecule has 1 aliphatic heterocycles. The first-order valence-corrected chi connectivity index (χ1v) is 11.5. The summed E-state index contributed by atoms with van der Waals surface area (Å²) in [5, 5.41) is 3.52. The third-order valence-corrected chi connectivity index (χ3v) is 7.00. The van der Waals surface area contributed by atoms with Crippen molar-refractivity contribution in [2.45, 2.75) is 31.5 Å². The summed E-state index contributed by atoms with van der Waals surface area (Å²) in [6.07, 6.45) is 0.367. The summed E-state index contributed by atoms with van der Waals surface area (Å²) in [7, 11) is 0. The standard InChI is InChI=1S/C24H22ClF3N4O2/c25-18-4-2-10-32-19(11-29-22(18)32)23(34)30-21-16-12-31(13-17(16)21)20(33)5-1-3-14-6-8-15(9-7-14)24(26,27)28/h2,4,6-11,16-17,21H,1,3,5,12-13H2,(H,30,34)/t16-,17-/m1/s1. The number of carbonyl (C=O) groups is 2. The lowest BCUT2D eigenvalue weighted by atomic mass is 10.1. The third kappa shape index (κ3) is 4.36. The van der Waals surface area contributed by atoms with Crippen LogP contribution in [-0.2, 0) is 17.4 Å². The molecule has 0 spiro atoms. The van der Waals surface area contributed by atoms with E-state index in [9.17, 15) is 22.8 Å². The van der Waals surface area contributed by atoms with Crippen molar-refractivity contribution in [3.05, 3.63) is 70.6 Å². The molecule has 3 aromatic rings. The van der Waals surface area contributed by atoms with E-state index in [1.807, 2.05) is 4.90 Å². The average Bonchev–Trinajstić information content (AvgIpc) is 3.16. The molecule has 1 saturated carbocycles. The molecular weight excluding hydrogens is 469 g/mol. The van der Waals surface area contributed by atoms with Crippen molar-refractivity contribution in [1.29, 1.82) is 0 Å². The second-order valence-corrected chi connectivity index (χ2v) is 9.27. The molecule has 0 radical (unpaired) electrons. The van der Waals surface area contributed by atoms with Gasteiger partial charge in [-0.1, -0.05) is 23.7 Å². The zero-order chi connectivity index (χ0) is 24.0. The average molecular weight is 491 g/mol. The molecule has 2 amide bonds. The van der Waals surface area contributed by atoms with Gasteiger partial charge in [0, 0.05) is 43.6 Å². The minimum absolute atomic E-state index is 0.0356. The Hall–Kier alpha value is -3.07. The first kappa shape index (κ1) is 22.7. The van der Waals surface area contributed by atoms with Gasteiger partial charge in [-0.05, 0) is 42.7 Å². The van der Waals surface area contributed by atoms with Gasteiger partial charge in [0.2, 0.25) is 5.91 Å². The van der Waals surface area contributed by atoms with Crippen LogP contribution in [0.2, 0.25) is 5.02 Å². The first-order chi connectivity index (χ1) is 16.2. The quantitative estimate of drug-likeness (QED) is 0.563. The molecule has 1 aliphatic carbocycles. The van der Waals surface area contributed by atoms with Crippen LogP contribution in [0.25, 0.3) is 5.65 Å². The molecular formula is C24H22ClF3N4O2. The molecule has 3 heterocycles. The van der Waals surface area contributed by atoms with Crippen LogP contribution in [-0.4, -0.2) is 45.2 Å². The van der Waals surface area contributed by atoms with Gasteiger partial charge in [0.1, 0.15) is 5.69 Å². The van der Waals surface area contributed by atoms with Crippen LogP contribution in [0.5, 0.6) is 0 Å². The van der Waals surface area contributed by atoms with Crippen LogP contribution >= 0.6 is 11.6 Å². The Morgan fingerprint density at radius 1 is 1.12 bits per heavy atom. The van der Waals surface area contributed by atoms with Crippen molar-refractivity contribution >= 4 is 29.1 Å². The Bertz CT molecular complexity index is 1230. The SMILES string of the molecule is O=C(NC1[C@@H]2CN(C(=O)CCCc3ccc(C(F)(F)F)cc3)C[C@@H]12)c1cnc2c(Cl)cccn12. The summed E-state index contributed by atoms with van der Waals surface area (Å²) in [6, 6.07) is 8.56. The van der Waals surface area contributed by atoms with Gasteiger partial charge in [0.05, 0.1) is 16.8 Å². The number of nitrogens with one attached hydrogen (secondary N) is 1. The van der Waals surface area contributed by atoms with E-state index in [0.29, 0.717) is 48.7 Å². The predicted octanol–water partition coefficient (Wildman–Crippen LogP) is 4.22. The fourth-order valence-corrected chi connectivity index (χ4v) is 4.99. The van der Waals surface area contributed by atoms with Crippen molar-refractivity contribution in [3.8, 4) is 0 Å². The highest BCUT2D eigenvalue weighted by Crippen LogP contribution is 2.45. The smallest absolute Gasteiger partial charge is 0.347 e. The van der Waals surface area contributed by atoms with E-state index in [2.05, 4.69) is 10.3 Å². The Morgan fingerprint density at radius 2 is 1.82 bits per heavy atom. The number of likely N-dealkylation sites (tertiary alicyclic amines) is 1. The van der Waals surface area contributed by atoms with Gasteiger partial charge < -0.3 is 10.2 Å². The van der Waals surface area contributed by atoms with Crippen molar-refractivity contribution in [3.63, 3.8) is 0 Å². The molecule has 0 bridgehead atoms. The number of aryl methyl sites for hydroxylation is 1. The molecule has 178 valence electrons. The van der Waals surface area contributed by atoms with Gasteiger partial charge in [0.15, 0.2) is 5.65 Å². The maximum absolute atomic E-state index is 12.7. The predicted molar refractivity (Wildman–Crippen MR) is 119 cm³/mol. The fraction of sp³-hybridized carbons (Fsp3) is 0.375. The maximum atomic E-state index is 12.7. The topological polar surface area (TPSA) is 66.7 Å². The van der Waals surface area contributed by atoms with Gasteiger partial charge in [-0.3, -0.25) is 14.0 Å². The zero-order valence-electron chi connectivity index (χ0n) is 18.1. The molecule has 10 heteroatoms. The molecule has 0 unspecified atom stereocenters. The number of hydrogen-bond donors (Lipinski definition) is 1. The lowest BCUT2D eigenvalue weighted by Crippen LogP contribution is -2.37. The van der Waals surface area contributed by atoms with E-state index >= 15 is 0 Å². The van der Waals surface area contributed by atoms with Crippen LogP contribution < -0.4 is 5.32 Å². The molecule has 2 atom stereocenters. The zero-order valence-corrected chi connectivity index (χ0v) is 18.8. The van der Waals surface area contributed by atoms with Crippen molar-refractivity contribution < 1.29 is 22.8 Å². The number of benzene rings is 1. The molecule has 1 N–H and O–H groups in total. The number of pyridine rings is 1. The number of alkyl halides is 3. The lowest BCUT2D eigenvalue weighted by molar-refractivity contribution is -0.137. The summed E-state index contributed by atoms with van der Waals surface area (Å²) in [4.78, 5) is 31.3. The number of hydrogen-bond acceptors (Lipinski definition) is 3. The van der Waals surface area contributed by atoms with E-state index in [0.717, 1.165) is 17.7 Å². The summed E-state index contributed by atoms with van der Waals surface area (Å²) in [6.45, 7) is 1.21. The number of carbonyl (C=O) groups excluding carboxylic acids is 2. The molecule has 2 fully saturated rings. The van der Waals surface area contributed by atoms with Crippen molar-refractivity contribution in [2.24, 2.45) is 11.8 Å². The number of rotatable bonds is 6. The Kier molecular flexibility index (Phi) is 5.75. The lowest BCUT2D eigenvalue weighted by Gasteiger charge is -2.20. The largest absolute Gasteiger partial charge is 0.416 e. The summed E-state index contributed by atoms with van der Waals surface area (Å²) < 4.78 is 39.6. The van der Waals surface area contributed by atoms with Crippen LogP contribution in [0.15, 0.2) is 48.8 Å².